The van der Waals surface area contributed by atoms with Crippen LogP contribution in [0.2, 0.25) is 0 Å². The van der Waals surface area contributed by atoms with Gasteiger partial charge in [-0.1, -0.05) is 0 Å². The number of hydrogen-bond donors (Lipinski definition) is 1. The number of fused-ring (bicyclic) bond motifs is 2. The lowest BCUT2D eigenvalue weighted by molar-refractivity contribution is -0.137. The summed E-state index contributed by atoms with van der Waals surface area (Å²) in [7, 11) is 0. The van der Waals surface area contributed by atoms with Gasteiger partial charge < -0.3 is 19.0 Å². The van der Waals surface area contributed by atoms with E-state index in [1.807, 2.05) is 18.2 Å². The average molecular weight is 428 g/mol. The summed E-state index contributed by atoms with van der Waals surface area (Å²) in [6.07, 6.45) is -1.67. The van der Waals surface area contributed by atoms with Crippen LogP contribution < -0.4 is 15.8 Å². The van der Waals surface area contributed by atoms with Crippen LogP contribution in [0.25, 0.3) is 27.9 Å². The Kier molecular flexibility index (Phi) is 4.51. The Morgan fingerprint density at radius 2 is 2.03 bits per heavy atom. The molecule has 6 nitrogen and oxygen atoms in total. The minimum absolute atomic E-state index is 0.104. The molecule has 1 aliphatic heterocycles. The van der Waals surface area contributed by atoms with Crippen molar-refractivity contribution < 1.29 is 17.6 Å². The largest absolute Gasteiger partial charge is 0.422 e. The van der Waals surface area contributed by atoms with Crippen molar-refractivity contribution in [1.82, 2.24) is 14.7 Å². The van der Waals surface area contributed by atoms with Gasteiger partial charge in [0, 0.05) is 55.2 Å². The van der Waals surface area contributed by atoms with Crippen LogP contribution in [-0.4, -0.2) is 35.1 Å². The van der Waals surface area contributed by atoms with Crippen molar-refractivity contribution in [3.63, 3.8) is 0 Å². The topological polar surface area (TPSA) is 62.8 Å². The van der Waals surface area contributed by atoms with Crippen LogP contribution in [0, 0.1) is 0 Å². The Bertz CT molecular complexity index is 1340. The highest BCUT2D eigenvalue weighted by molar-refractivity contribution is 5.84. The molecule has 0 saturated carbocycles. The number of benzene rings is 1. The van der Waals surface area contributed by atoms with E-state index in [4.69, 9.17) is 4.42 Å². The number of alkyl halides is 3. The molecule has 0 spiro atoms. The number of piperazine rings is 1. The van der Waals surface area contributed by atoms with Crippen LogP contribution in [0.1, 0.15) is 12.5 Å². The van der Waals surface area contributed by atoms with Gasteiger partial charge in [-0.2, -0.15) is 13.2 Å². The maximum Gasteiger partial charge on any atom is 0.416 e. The number of anilines is 1. The zero-order chi connectivity index (χ0) is 21.8. The van der Waals surface area contributed by atoms with Gasteiger partial charge in [0.25, 0.3) is 0 Å². The van der Waals surface area contributed by atoms with Crippen molar-refractivity contribution in [2.45, 2.75) is 19.1 Å². The highest BCUT2D eigenvalue weighted by Gasteiger charge is 2.31. The molecule has 1 fully saturated rings. The van der Waals surface area contributed by atoms with Crippen molar-refractivity contribution in [3.8, 4) is 11.3 Å². The van der Waals surface area contributed by atoms with E-state index in [1.165, 1.54) is 16.8 Å². The summed E-state index contributed by atoms with van der Waals surface area (Å²) in [5, 5.41) is 4.11. The Morgan fingerprint density at radius 1 is 1.19 bits per heavy atom. The van der Waals surface area contributed by atoms with Gasteiger partial charge in [-0.3, -0.25) is 0 Å². The minimum atomic E-state index is -4.46. The predicted octanol–water partition coefficient (Wildman–Crippen LogP) is 3.92. The quantitative estimate of drug-likeness (QED) is 0.491. The van der Waals surface area contributed by atoms with E-state index in [2.05, 4.69) is 22.1 Å². The molecule has 5 rings (SSSR count). The van der Waals surface area contributed by atoms with Gasteiger partial charge in [-0.25, -0.2) is 9.78 Å². The van der Waals surface area contributed by atoms with Gasteiger partial charge in [-0.15, -0.1) is 0 Å². The van der Waals surface area contributed by atoms with E-state index < -0.39 is 17.4 Å². The second kappa shape index (κ2) is 7.12. The van der Waals surface area contributed by atoms with Crippen molar-refractivity contribution >= 4 is 22.3 Å². The lowest BCUT2D eigenvalue weighted by Gasteiger charge is -2.33. The summed E-state index contributed by atoms with van der Waals surface area (Å²) in [6.45, 7) is 4.71. The number of pyridine rings is 1. The average Bonchev–Trinajstić information content (AvgIpc) is 3.15. The molecule has 0 aliphatic carbocycles. The normalized spacial score (nSPS) is 17.5. The van der Waals surface area contributed by atoms with Crippen molar-refractivity contribution in [1.29, 1.82) is 0 Å². The van der Waals surface area contributed by atoms with E-state index in [1.54, 1.807) is 6.07 Å². The molecule has 3 aromatic heterocycles. The molecule has 4 heterocycles. The zero-order valence-corrected chi connectivity index (χ0v) is 16.6. The Labute approximate surface area is 174 Å². The predicted molar refractivity (Wildman–Crippen MR) is 111 cm³/mol. The van der Waals surface area contributed by atoms with Gasteiger partial charge in [0.1, 0.15) is 11.2 Å². The fraction of sp³-hybridized carbons (Fsp3) is 0.273. The standard InChI is InChI=1S/C22H19F3N4O2/c1-13-11-28(7-5-26-13)16-3-2-14-8-17(21(30)31-19(14)10-16)18-12-29-6-4-15(22(23,24)25)9-20(29)27-18/h2-4,6,8-10,12-13,26H,5,7,11H2,1H3/t13-/m1/s1. The second-order valence-corrected chi connectivity index (χ2v) is 7.78. The number of hydrogen-bond acceptors (Lipinski definition) is 5. The fourth-order valence-electron chi connectivity index (χ4n) is 3.93. The Balaban J connectivity index is 1.54. The molecular formula is C22H19F3N4O2. The minimum Gasteiger partial charge on any atom is -0.422 e. The van der Waals surface area contributed by atoms with Crippen LogP contribution >= 0.6 is 0 Å². The highest BCUT2D eigenvalue weighted by Crippen LogP contribution is 2.31. The molecule has 4 aromatic rings. The fourth-order valence-corrected chi connectivity index (χ4v) is 3.93. The molecule has 1 atom stereocenters. The summed E-state index contributed by atoms with van der Waals surface area (Å²) in [5.41, 5.74) is 0.621. The number of nitrogens with one attached hydrogen (secondary N) is 1. The van der Waals surface area contributed by atoms with Gasteiger partial charge in [0.05, 0.1) is 16.8 Å². The van der Waals surface area contributed by atoms with Gasteiger partial charge in [0.2, 0.25) is 0 Å². The van der Waals surface area contributed by atoms with Gasteiger partial charge in [0.15, 0.2) is 0 Å². The third kappa shape index (κ3) is 3.65. The summed E-state index contributed by atoms with van der Waals surface area (Å²) in [6, 6.07) is 9.65. The summed E-state index contributed by atoms with van der Waals surface area (Å²) < 4.78 is 45.9. The molecule has 160 valence electrons. The maximum atomic E-state index is 13.0. The third-order valence-electron chi connectivity index (χ3n) is 5.52. The molecule has 1 N–H and O–H groups in total. The smallest absolute Gasteiger partial charge is 0.416 e. The first kappa shape index (κ1) is 19.6. The molecule has 0 amide bonds. The van der Waals surface area contributed by atoms with E-state index in [0.717, 1.165) is 42.8 Å². The first-order valence-corrected chi connectivity index (χ1v) is 9.90. The maximum absolute atomic E-state index is 13.0. The molecule has 1 aliphatic rings. The van der Waals surface area contributed by atoms with E-state index in [9.17, 15) is 18.0 Å². The highest BCUT2D eigenvalue weighted by atomic mass is 19.4. The first-order chi connectivity index (χ1) is 14.8. The van der Waals surface area contributed by atoms with E-state index in [0.29, 0.717) is 11.6 Å². The van der Waals surface area contributed by atoms with E-state index in [-0.39, 0.29) is 16.9 Å². The van der Waals surface area contributed by atoms with Crippen LogP contribution in [0.3, 0.4) is 0 Å². The lowest BCUT2D eigenvalue weighted by Crippen LogP contribution is -2.49. The summed E-state index contributed by atoms with van der Waals surface area (Å²) in [5.74, 6) is 0. The zero-order valence-electron chi connectivity index (χ0n) is 16.6. The first-order valence-electron chi connectivity index (χ1n) is 9.90. The molecule has 1 aromatic carbocycles. The van der Waals surface area contributed by atoms with Crippen molar-refractivity contribution in [2.75, 3.05) is 24.5 Å². The number of imidazole rings is 1. The molecule has 1 saturated heterocycles. The Morgan fingerprint density at radius 3 is 2.81 bits per heavy atom. The van der Waals surface area contributed by atoms with Crippen LogP contribution in [-0.2, 0) is 6.18 Å². The van der Waals surface area contributed by atoms with Crippen LogP contribution in [0.5, 0.6) is 0 Å². The SMILES string of the molecule is C[C@@H]1CN(c2ccc3cc(-c4cn5ccc(C(F)(F)F)cc5n4)c(=O)oc3c2)CCN1. The number of halogens is 3. The van der Waals surface area contributed by atoms with Gasteiger partial charge >= 0.3 is 11.8 Å². The van der Waals surface area contributed by atoms with Crippen LogP contribution in [0.15, 0.2) is 58.0 Å². The number of nitrogens with zero attached hydrogens (tertiary/aromatic N) is 3. The number of rotatable bonds is 2. The molecule has 31 heavy (non-hydrogen) atoms. The monoisotopic (exact) mass is 428 g/mol. The third-order valence-corrected chi connectivity index (χ3v) is 5.52. The second-order valence-electron chi connectivity index (χ2n) is 7.78. The van der Waals surface area contributed by atoms with Crippen molar-refractivity contribution in [2.24, 2.45) is 0 Å². The molecular weight excluding hydrogens is 409 g/mol. The summed E-state index contributed by atoms with van der Waals surface area (Å²) >= 11 is 0. The van der Waals surface area contributed by atoms with E-state index >= 15 is 0 Å². The molecule has 9 heteroatoms. The number of aromatic nitrogens is 2. The molecule has 0 bridgehead atoms. The Hall–Kier alpha value is -3.33. The van der Waals surface area contributed by atoms with Gasteiger partial charge in [-0.05, 0) is 37.3 Å². The van der Waals surface area contributed by atoms with Crippen LogP contribution in [0.4, 0.5) is 18.9 Å². The lowest BCUT2D eigenvalue weighted by atomic mass is 10.1. The molecule has 0 unspecified atom stereocenters. The van der Waals surface area contributed by atoms with Crippen molar-refractivity contribution in [3.05, 3.63) is 64.8 Å². The molecule has 0 radical (unpaired) electrons. The summed E-state index contributed by atoms with van der Waals surface area (Å²) in [4.78, 5) is 19.1.